The van der Waals surface area contributed by atoms with Crippen molar-refractivity contribution in [3.05, 3.63) is 29.8 Å². The lowest BCUT2D eigenvalue weighted by Gasteiger charge is -2.20. The van der Waals surface area contributed by atoms with Crippen LogP contribution in [0.3, 0.4) is 0 Å². The van der Waals surface area contributed by atoms with Crippen molar-refractivity contribution in [1.29, 1.82) is 0 Å². The number of rotatable bonds is 9. The topological polar surface area (TPSA) is 58.4 Å². The number of thiocarbonyl (C=S) groups is 1. The third-order valence-electron chi connectivity index (χ3n) is 3.20. The first kappa shape index (κ1) is 17.6. The van der Waals surface area contributed by atoms with E-state index in [0.29, 0.717) is 22.7 Å². The van der Waals surface area contributed by atoms with E-state index < -0.39 is 0 Å². The average molecular weight is 307 g/mol. The van der Waals surface area contributed by atoms with Crippen LogP contribution in [0.2, 0.25) is 0 Å². The van der Waals surface area contributed by atoms with Gasteiger partial charge in [-0.2, -0.15) is 0 Å². The Balaban J connectivity index is 2.55. The number of nitrogens with two attached hydrogens (primary N) is 1. The van der Waals surface area contributed by atoms with Gasteiger partial charge in [0.25, 0.3) is 0 Å². The van der Waals surface area contributed by atoms with Crippen LogP contribution in [0.4, 0.5) is 5.69 Å². The van der Waals surface area contributed by atoms with Crippen molar-refractivity contribution in [3.8, 4) is 0 Å². The fourth-order valence-corrected chi connectivity index (χ4v) is 2.43. The van der Waals surface area contributed by atoms with E-state index >= 15 is 0 Å². The molecule has 5 heteroatoms. The van der Waals surface area contributed by atoms with E-state index in [-0.39, 0.29) is 5.91 Å². The number of carbonyl (C=O) groups is 1. The molecule has 0 aliphatic heterocycles. The molecule has 0 saturated carbocycles. The van der Waals surface area contributed by atoms with Crippen molar-refractivity contribution in [3.63, 3.8) is 0 Å². The number of benzene rings is 1. The summed E-state index contributed by atoms with van der Waals surface area (Å²) in [4.78, 5) is 14.7. The molecular formula is C16H25N3OS. The van der Waals surface area contributed by atoms with Gasteiger partial charge in [0.05, 0.1) is 5.69 Å². The van der Waals surface area contributed by atoms with E-state index in [9.17, 15) is 4.79 Å². The van der Waals surface area contributed by atoms with E-state index in [0.717, 1.165) is 32.5 Å². The Labute approximate surface area is 132 Å². The fourth-order valence-electron chi connectivity index (χ4n) is 2.25. The standard InChI is InChI=1S/C16H25N3OS/c1-3-10-19(11-4-2)12-9-15(20)18-14-8-6-5-7-13(14)16(17)21/h5-8H,3-4,9-12H2,1-2H3,(H2,17,21)(H,18,20). The Morgan fingerprint density at radius 3 is 2.38 bits per heavy atom. The Bertz CT molecular complexity index is 470. The minimum absolute atomic E-state index is 0.00379. The zero-order valence-corrected chi connectivity index (χ0v) is 13.7. The molecule has 0 atom stereocenters. The summed E-state index contributed by atoms with van der Waals surface area (Å²) in [5.74, 6) is -0.00379. The second-order valence-electron chi connectivity index (χ2n) is 5.05. The molecule has 0 spiro atoms. The molecule has 0 saturated heterocycles. The second-order valence-corrected chi connectivity index (χ2v) is 5.49. The monoisotopic (exact) mass is 307 g/mol. The smallest absolute Gasteiger partial charge is 0.225 e. The lowest BCUT2D eigenvalue weighted by molar-refractivity contribution is -0.116. The van der Waals surface area contributed by atoms with Crippen LogP contribution in [-0.2, 0) is 4.79 Å². The summed E-state index contributed by atoms with van der Waals surface area (Å²) in [5, 5.41) is 2.90. The summed E-state index contributed by atoms with van der Waals surface area (Å²) in [6, 6.07) is 7.35. The van der Waals surface area contributed by atoms with E-state index in [4.69, 9.17) is 18.0 Å². The molecule has 3 N–H and O–H groups in total. The minimum atomic E-state index is -0.00379. The maximum Gasteiger partial charge on any atom is 0.225 e. The molecule has 0 unspecified atom stereocenters. The van der Waals surface area contributed by atoms with Crippen molar-refractivity contribution in [2.75, 3.05) is 25.0 Å². The van der Waals surface area contributed by atoms with Crippen molar-refractivity contribution in [2.45, 2.75) is 33.1 Å². The maximum absolute atomic E-state index is 12.1. The fraction of sp³-hybridized carbons (Fsp3) is 0.500. The zero-order chi connectivity index (χ0) is 15.7. The Kier molecular flexibility index (Phi) is 7.93. The number of amides is 1. The first-order valence-corrected chi connectivity index (χ1v) is 7.90. The molecule has 0 bridgehead atoms. The molecule has 1 aromatic rings. The highest BCUT2D eigenvalue weighted by Gasteiger charge is 2.10. The summed E-state index contributed by atoms with van der Waals surface area (Å²) in [6.07, 6.45) is 2.68. The maximum atomic E-state index is 12.1. The van der Waals surface area contributed by atoms with Gasteiger partial charge in [0.2, 0.25) is 5.91 Å². The third-order valence-corrected chi connectivity index (χ3v) is 3.42. The van der Waals surface area contributed by atoms with Crippen molar-refractivity contribution >= 4 is 28.8 Å². The van der Waals surface area contributed by atoms with Gasteiger partial charge < -0.3 is 16.0 Å². The molecule has 0 heterocycles. The Hall–Kier alpha value is -1.46. The third kappa shape index (κ3) is 6.23. The van der Waals surface area contributed by atoms with Gasteiger partial charge in [-0.05, 0) is 38.1 Å². The van der Waals surface area contributed by atoms with Gasteiger partial charge in [0, 0.05) is 18.5 Å². The van der Waals surface area contributed by atoms with Crippen molar-refractivity contribution in [2.24, 2.45) is 5.73 Å². The number of anilines is 1. The van der Waals surface area contributed by atoms with Crippen LogP contribution >= 0.6 is 12.2 Å². The molecular weight excluding hydrogens is 282 g/mol. The molecule has 4 nitrogen and oxygen atoms in total. The first-order chi connectivity index (χ1) is 10.1. The Morgan fingerprint density at radius 1 is 1.19 bits per heavy atom. The second kappa shape index (κ2) is 9.47. The highest BCUT2D eigenvalue weighted by molar-refractivity contribution is 7.80. The molecule has 0 aromatic heterocycles. The van der Waals surface area contributed by atoms with Gasteiger partial charge in [-0.15, -0.1) is 0 Å². The summed E-state index contributed by atoms with van der Waals surface area (Å²) in [7, 11) is 0. The molecule has 0 fully saturated rings. The van der Waals surface area contributed by atoms with E-state index in [1.54, 1.807) is 0 Å². The van der Waals surface area contributed by atoms with Gasteiger partial charge in [-0.25, -0.2) is 0 Å². The lowest BCUT2D eigenvalue weighted by atomic mass is 10.1. The summed E-state index contributed by atoms with van der Waals surface area (Å²) in [6.45, 7) is 7.15. The number of para-hydroxylation sites is 1. The molecule has 1 rings (SSSR count). The van der Waals surface area contributed by atoms with Crippen LogP contribution in [0.1, 0.15) is 38.7 Å². The number of hydrogen-bond acceptors (Lipinski definition) is 3. The molecule has 0 radical (unpaired) electrons. The molecule has 1 aromatic carbocycles. The van der Waals surface area contributed by atoms with Crippen LogP contribution in [0.5, 0.6) is 0 Å². The number of carbonyl (C=O) groups excluding carboxylic acids is 1. The van der Waals surface area contributed by atoms with Gasteiger partial charge in [0.15, 0.2) is 0 Å². The Morgan fingerprint density at radius 2 is 1.81 bits per heavy atom. The minimum Gasteiger partial charge on any atom is -0.389 e. The number of nitrogens with one attached hydrogen (secondary N) is 1. The lowest BCUT2D eigenvalue weighted by Crippen LogP contribution is -2.29. The van der Waals surface area contributed by atoms with Crippen LogP contribution in [0, 0.1) is 0 Å². The van der Waals surface area contributed by atoms with Crippen LogP contribution in [0.15, 0.2) is 24.3 Å². The predicted molar refractivity (Wildman–Crippen MR) is 92.6 cm³/mol. The molecule has 116 valence electrons. The molecule has 0 aliphatic carbocycles. The van der Waals surface area contributed by atoms with Crippen LogP contribution in [-0.4, -0.2) is 35.4 Å². The van der Waals surface area contributed by atoms with Crippen LogP contribution < -0.4 is 11.1 Å². The zero-order valence-electron chi connectivity index (χ0n) is 12.9. The highest BCUT2D eigenvalue weighted by atomic mass is 32.1. The van der Waals surface area contributed by atoms with Gasteiger partial charge in [-0.1, -0.05) is 38.2 Å². The quantitative estimate of drug-likeness (QED) is 0.689. The summed E-state index contributed by atoms with van der Waals surface area (Å²) < 4.78 is 0. The van der Waals surface area contributed by atoms with Crippen LogP contribution in [0.25, 0.3) is 0 Å². The van der Waals surface area contributed by atoms with E-state index in [2.05, 4.69) is 24.1 Å². The number of hydrogen-bond donors (Lipinski definition) is 2. The largest absolute Gasteiger partial charge is 0.389 e. The van der Waals surface area contributed by atoms with Gasteiger partial charge >= 0.3 is 0 Å². The average Bonchev–Trinajstić information content (AvgIpc) is 2.45. The van der Waals surface area contributed by atoms with Crippen molar-refractivity contribution < 1.29 is 4.79 Å². The SMILES string of the molecule is CCCN(CCC)CCC(=O)Nc1ccccc1C(N)=S. The molecule has 0 aliphatic rings. The van der Waals surface area contributed by atoms with Gasteiger partial charge in [0.1, 0.15) is 4.99 Å². The first-order valence-electron chi connectivity index (χ1n) is 7.49. The van der Waals surface area contributed by atoms with E-state index in [1.165, 1.54) is 0 Å². The normalized spacial score (nSPS) is 10.6. The predicted octanol–water partition coefficient (Wildman–Crippen LogP) is 2.77. The highest BCUT2D eigenvalue weighted by Crippen LogP contribution is 2.15. The van der Waals surface area contributed by atoms with Crippen molar-refractivity contribution in [1.82, 2.24) is 4.90 Å². The number of nitrogens with zero attached hydrogens (tertiary/aromatic N) is 1. The molecule has 1 amide bonds. The summed E-state index contributed by atoms with van der Waals surface area (Å²) in [5.41, 5.74) is 7.06. The summed E-state index contributed by atoms with van der Waals surface area (Å²) >= 11 is 5.00. The van der Waals surface area contributed by atoms with Gasteiger partial charge in [-0.3, -0.25) is 4.79 Å². The molecule has 21 heavy (non-hydrogen) atoms. The van der Waals surface area contributed by atoms with E-state index in [1.807, 2.05) is 24.3 Å².